The van der Waals surface area contributed by atoms with Crippen LogP contribution in [0.2, 0.25) is 0 Å². The number of anilines is 1. The summed E-state index contributed by atoms with van der Waals surface area (Å²) in [7, 11) is 0. The van der Waals surface area contributed by atoms with E-state index in [2.05, 4.69) is 36.2 Å². The molecular weight excluding hydrogens is 360 g/mol. The minimum atomic E-state index is -0.127. The molecule has 0 radical (unpaired) electrons. The van der Waals surface area contributed by atoms with Crippen molar-refractivity contribution in [1.82, 2.24) is 14.7 Å². The van der Waals surface area contributed by atoms with Crippen molar-refractivity contribution in [3.63, 3.8) is 0 Å². The van der Waals surface area contributed by atoms with Gasteiger partial charge in [0.2, 0.25) is 0 Å². The van der Waals surface area contributed by atoms with E-state index in [4.69, 9.17) is 5.10 Å². The van der Waals surface area contributed by atoms with Crippen molar-refractivity contribution in [3.05, 3.63) is 77.1 Å². The average Bonchev–Trinajstić information content (AvgIpc) is 3.35. The van der Waals surface area contributed by atoms with E-state index in [9.17, 15) is 4.79 Å². The number of fused-ring (bicyclic) bond motifs is 1. The Morgan fingerprint density at radius 1 is 1.07 bits per heavy atom. The molecule has 5 nitrogen and oxygen atoms in total. The maximum atomic E-state index is 13.1. The molecule has 0 atom stereocenters. The number of nitrogens with zero attached hydrogens (tertiary/aromatic N) is 3. The van der Waals surface area contributed by atoms with Crippen LogP contribution in [0.3, 0.4) is 0 Å². The highest BCUT2D eigenvalue weighted by molar-refractivity contribution is 6.04. The van der Waals surface area contributed by atoms with E-state index in [0.29, 0.717) is 5.69 Å². The van der Waals surface area contributed by atoms with Crippen LogP contribution in [0.15, 0.2) is 54.6 Å². The summed E-state index contributed by atoms with van der Waals surface area (Å²) < 4.78 is 1.94. The molecule has 0 spiro atoms. The molecule has 1 aliphatic carbocycles. The molecule has 0 unspecified atom stereocenters. The summed E-state index contributed by atoms with van der Waals surface area (Å²) in [5, 5.41) is 7.76. The fourth-order valence-electron chi connectivity index (χ4n) is 4.05. The van der Waals surface area contributed by atoms with Gasteiger partial charge in [0, 0.05) is 23.5 Å². The standard InChI is InChI=1S/C24H28N4O/c1-3-27(4-2)17-18-10-8-11-19(16-18)25-24(29)23-21-14-9-15-22(21)28(26-23)20-12-6-5-7-13-20/h5-8,10-13,16H,3-4,9,14-15,17H2,1-2H3,(H,25,29). The van der Waals surface area contributed by atoms with Gasteiger partial charge in [-0.3, -0.25) is 9.69 Å². The van der Waals surface area contributed by atoms with Gasteiger partial charge in [0.25, 0.3) is 5.91 Å². The number of nitrogens with one attached hydrogen (secondary N) is 1. The van der Waals surface area contributed by atoms with Gasteiger partial charge in [0.1, 0.15) is 0 Å². The second-order valence-electron chi connectivity index (χ2n) is 7.49. The lowest BCUT2D eigenvalue weighted by Gasteiger charge is -2.18. The average molecular weight is 389 g/mol. The van der Waals surface area contributed by atoms with Crippen molar-refractivity contribution in [3.8, 4) is 5.69 Å². The molecule has 2 aromatic carbocycles. The lowest BCUT2D eigenvalue weighted by molar-refractivity contribution is 0.102. The van der Waals surface area contributed by atoms with E-state index in [1.54, 1.807) is 0 Å². The smallest absolute Gasteiger partial charge is 0.276 e. The first-order valence-corrected chi connectivity index (χ1v) is 10.5. The predicted molar refractivity (Wildman–Crippen MR) is 117 cm³/mol. The molecular formula is C24H28N4O. The number of carbonyl (C=O) groups excluding carboxylic acids is 1. The minimum absolute atomic E-state index is 0.127. The van der Waals surface area contributed by atoms with Crippen LogP contribution in [0.4, 0.5) is 5.69 Å². The van der Waals surface area contributed by atoms with E-state index in [0.717, 1.165) is 61.5 Å². The number of para-hydroxylation sites is 1. The van der Waals surface area contributed by atoms with Crippen LogP contribution in [0, 0.1) is 0 Å². The van der Waals surface area contributed by atoms with E-state index in [1.165, 1.54) is 5.56 Å². The lowest BCUT2D eigenvalue weighted by Crippen LogP contribution is -2.22. The first-order chi connectivity index (χ1) is 14.2. The van der Waals surface area contributed by atoms with E-state index >= 15 is 0 Å². The lowest BCUT2D eigenvalue weighted by atomic mass is 10.1. The first-order valence-electron chi connectivity index (χ1n) is 10.5. The zero-order valence-electron chi connectivity index (χ0n) is 17.2. The fraction of sp³-hybridized carbons (Fsp3) is 0.333. The van der Waals surface area contributed by atoms with E-state index < -0.39 is 0 Å². The van der Waals surface area contributed by atoms with Crippen molar-refractivity contribution in [2.45, 2.75) is 39.7 Å². The van der Waals surface area contributed by atoms with Gasteiger partial charge in [-0.1, -0.05) is 44.2 Å². The quantitative estimate of drug-likeness (QED) is 0.650. The number of aromatic nitrogens is 2. The summed E-state index contributed by atoms with van der Waals surface area (Å²) in [5.41, 5.74) is 5.83. The third-order valence-corrected chi connectivity index (χ3v) is 5.63. The number of rotatable bonds is 7. The second kappa shape index (κ2) is 8.62. The van der Waals surface area contributed by atoms with Gasteiger partial charge in [0.05, 0.1) is 5.69 Å². The Hall–Kier alpha value is -2.92. The van der Waals surface area contributed by atoms with Gasteiger partial charge in [-0.2, -0.15) is 5.10 Å². The molecule has 1 aromatic heterocycles. The Morgan fingerprint density at radius 3 is 2.62 bits per heavy atom. The largest absolute Gasteiger partial charge is 0.321 e. The van der Waals surface area contributed by atoms with Crippen molar-refractivity contribution >= 4 is 11.6 Å². The van der Waals surface area contributed by atoms with Crippen molar-refractivity contribution < 1.29 is 4.79 Å². The molecule has 3 aromatic rings. The van der Waals surface area contributed by atoms with Crippen LogP contribution in [-0.2, 0) is 19.4 Å². The molecule has 5 heteroatoms. The third kappa shape index (κ3) is 4.10. The molecule has 1 N–H and O–H groups in total. The molecule has 1 amide bonds. The van der Waals surface area contributed by atoms with Gasteiger partial charge in [-0.25, -0.2) is 4.68 Å². The number of carbonyl (C=O) groups is 1. The molecule has 0 bridgehead atoms. The van der Waals surface area contributed by atoms with Gasteiger partial charge in [-0.15, -0.1) is 0 Å². The molecule has 0 fully saturated rings. The molecule has 150 valence electrons. The van der Waals surface area contributed by atoms with Crippen LogP contribution in [-0.4, -0.2) is 33.7 Å². The number of hydrogen-bond acceptors (Lipinski definition) is 3. The zero-order chi connectivity index (χ0) is 20.2. The Bertz CT molecular complexity index is 989. The highest BCUT2D eigenvalue weighted by Crippen LogP contribution is 2.28. The highest BCUT2D eigenvalue weighted by atomic mass is 16.2. The fourth-order valence-corrected chi connectivity index (χ4v) is 4.05. The highest BCUT2D eigenvalue weighted by Gasteiger charge is 2.27. The first kappa shape index (κ1) is 19.4. The monoisotopic (exact) mass is 388 g/mol. The predicted octanol–water partition coefficient (Wildman–Crippen LogP) is 4.46. The summed E-state index contributed by atoms with van der Waals surface area (Å²) in [6, 6.07) is 18.2. The molecule has 0 aliphatic heterocycles. The summed E-state index contributed by atoms with van der Waals surface area (Å²) in [6.45, 7) is 7.23. The van der Waals surface area contributed by atoms with E-state index in [-0.39, 0.29) is 5.91 Å². The SMILES string of the molecule is CCN(CC)Cc1cccc(NC(=O)c2nn(-c3ccccc3)c3c2CCC3)c1. The van der Waals surface area contributed by atoms with Crippen LogP contribution >= 0.6 is 0 Å². The van der Waals surface area contributed by atoms with Gasteiger partial charge < -0.3 is 5.32 Å². The molecule has 0 saturated heterocycles. The molecule has 1 heterocycles. The molecule has 1 aliphatic rings. The Kier molecular flexibility index (Phi) is 5.76. The van der Waals surface area contributed by atoms with Gasteiger partial charge >= 0.3 is 0 Å². The second-order valence-corrected chi connectivity index (χ2v) is 7.49. The summed E-state index contributed by atoms with van der Waals surface area (Å²) in [4.78, 5) is 15.4. The van der Waals surface area contributed by atoms with Crippen LogP contribution in [0.1, 0.15) is 47.6 Å². The third-order valence-electron chi connectivity index (χ3n) is 5.63. The van der Waals surface area contributed by atoms with Crippen LogP contribution in [0.25, 0.3) is 5.69 Å². The van der Waals surface area contributed by atoms with Crippen LogP contribution < -0.4 is 5.32 Å². The van der Waals surface area contributed by atoms with Gasteiger partial charge in [-0.05, 0) is 62.2 Å². The maximum absolute atomic E-state index is 13.1. The van der Waals surface area contributed by atoms with E-state index in [1.807, 2.05) is 47.1 Å². The Morgan fingerprint density at radius 2 is 1.86 bits per heavy atom. The van der Waals surface area contributed by atoms with Crippen molar-refractivity contribution in [2.24, 2.45) is 0 Å². The summed E-state index contributed by atoms with van der Waals surface area (Å²) in [6.07, 6.45) is 2.94. The number of hydrogen-bond donors (Lipinski definition) is 1. The zero-order valence-corrected chi connectivity index (χ0v) is 17.2. The topological polar surface area (TPSA) is 50.2 Å². The normalized spacial score (nSPS) is 12.9. The number of benzene rings is 2. The van der Waals surface area contributed by atoms with Crippen molar-refractivity contribution in [1.29, 1.82) is 0 Å². The minimum Gasteiger partial charge on any atom is -0.321 e. The van der Waals surface area contributed by atoms with Gasteiger partial charge in [0.15, 0.2) is 5.69 Å². The molecule has 0 saturated carbocycles. The van der Waals surface area contributed by atoms with Crippen molar-refractivity contribution in [2.75, 3.05) is 18.4 Å². The maximum Gasteiger partial charge on any atom is 0.276 e. The molecule has 29 heavy (non-hydrogen) atoms. The summed E-state index contributed by atoms with van der Waals surface area (Å²) >= 11 is 0. The van der Waals surface area contributed by atoms with Crippen LogP contribution in [0.5, 0.6) is 0 Å². The number of amides is 1. The summed E-state index contributed by atoms with van der Waals surface area (Å²) in [5.74, 6) is -0.127. The molecule has 4 rings (SSSR count). The Balaban J connectivity index is 1.57. The Labute approximate surface area is 172 Å².